The number of aliphatic hydroxyl groups excluding tert-OH is 1. The lowest BCUT2D eigenvalue weighted by Crippen LogP contribution is -2.51. The largest absolute Gasteiger partial charge is 0.444 e. The van der Waals surface area contributed by atoms with Crippen molar-refractivity contribution in [2.24, 2.45) is 0 Å². The number of nitrogens with one attached hydrogen (secondary N) is 1. The van der Waals surface area contributed by atoms with Gasteiger partial charge in [0.15, 0.2) is 0 Å². The number of ether oxygens (including phenoxy) is 1. The van der Waals surface area contributed by atoms with Crippen molar-refractivity contribution in [3.63, 3.8) is 0 Å². The highest BCUT2D eigenvalue weighted by Gasteiger charge is 2.29. The standard InChI is InChI=1S/C30H39N5O3.CH4O/c1-21-18-22(2)26(32-24-10-12-33(13-11-24)27-9-7-6-8-23(27)20-31)19-25(21)28(36)34-14-16-35(17-15-34)29(37)38-30(3,4)5;1-2/h6-9,18-19,24,32H,10-17H2,1-5H3;2H,1H3. The molecule has 0 saturated carbocycles. The fraction of sp³-hybridized carbons (Fsp3) is 0.516. The van der Waals surface area contributed by atoms with Gasteiger partial charge in [0, 0.05) is 63.7 Å². The summed E-state index contributed by atoms with van der Waals surface area (Å²) < 4.78 is 5.48. The average molecular weight is 550 g/mol. The Balaban J connectivity index is 0.00000216. The van der Waals surface area contributed by atoms with Crippen LogP contribution in [0.25, 0.3) is 0 Å². The molecule has 0 spiro atoms. The third kappa shape index (κ3) is 7.66. The summed E-state index contributed by atoms with van der Waals surface area (Å²) in [5, 5.41) is 20.1. The van der Waals surface area contributed by atoms with Crippen molar-refractivity contribution in [2.75, 3.05) is 56.6 Å². The Morgan fingerprint density at radius 2 is 1.55 bits per heavy atom. The number of nitrogens with zero attached hydrogens (tertiary/aromatic N) is 4. The zero-order chi connectivity index (χ0) is 29.4. The molecule has 0 aliphatic carbocycles. The molecule has 2 amide bonds. The highest BCUT2D eigenvalue weighted by molar-refractivity contribution is 5.97. The fourth-order valence-electron chi connectivity index (χ4n) is 5.16. The van der Waals surface area contributed by atoms with E-state index in [-0.39, 0.29) is 12.0 Å². The van der Waals surface area contributed by atoms with Gasteiger partial charge in [-0.3, -0.25) is 4.79 Å². The normalized spacial score (nSPS) is 16.0. The Kier molecular flexibility index (Phi) is 10.4. The first-order valence-corrected chi connectivity index (χ1v) is 13.9. The van der Waals surface area contributed by atoms with Crippen LogP contribution in [0.15, 0.2) is 36.4 Å². The van der Waals surface area contributed by atoms with E-state index in [1.807, 2.05) is 62.9 Å². The predicted molar refractivity (Wildman–Crippen MR) is 158 cm³/mol. The van der Waals surface area contributed by atoms with Crippen molar-refractivity contribution in [3.8, 4) is 6.07 Å². The van der Waals surface area contributed by atoms with Gasteiger partial charge in [-0.1, -0.05) is 18.2 Å². The number of piperazine rings is 1. The third-order valence-corrected chi connectivity index (χ3v) is 7.24. The van der Waals surface area contributed by atoms with Crippen LogP contribution in [-0.4, -0.2) is 84.9 Å². The summed E-state index contributed by atoms with van der Waals surface area (Å²) in [7, 11) is 1.00. The number of aryl methyl sites for hydroxylation is 2. The molecule has 4 rings (SSSR count). The minimum Gasteiger partial charge on any atom is -0.444 e. The Bertz CT molecular complexity index is 1220. The van der Waals surface area contributed by atoms with Crippen LogP contribution < -0.4 is 10.2 Å². The summed E-state index contributed by atoms with van der Waals surface area (Å²) in [6.45, 7) is 13.2. The van der Waals surface area contributed by atoms with Gasteiger partial charge in [0.25, 0.3) is 5.91 Å². The molecule has 2 fully saturated rings. The van der Waals surface area contributed by atoms with Crippen molar-refractivity contribution in [2.45, 2.75) is 59.1 Å². The molecule has 0 bridgehead atoms. The Morgan fingerprint density at radius 1 is 0.950 bits per heavy atom. The lowest BCUT2D eigenvalue weighted by molar-refractivity contribution is 0.0140. The Labute approximate surface area is 238 Å². The van der Waals surface area contributed by atoms with Crippen LogP contribution in [-0.2, 0) is 4.74 Å². The number of anilines is 2. The second kappa shape index (κ2) is 13.5. The van der Waals surface area contributed by atoms with Crippen LogP contribution >= 0.6 is 0 Å². The number of nitriles is 1. The molecule has 0 aromatic heterocycles. The first-order chi connectivity index (χ1) is 19.1. The van der Waals surface area contributed by atoms with Gasteiger partial charge in [-0.2, -0.15) is 5.26 Å². The minimum absolute atomic E-state index is 0.00248. The van der Waals surface area contributed by atoms with E-state index in [2.05, 4.69) is 29.3 Å². The van der Waals surface area contributed by atoms with E-state index in [1.165, 1.54) is 0 Å². The molecule has 2 saturated heterocycles. The molecule has 0 atom stereocenters. The van der Waals surface area contributed by atoms with Crippen molar-refractivity contribution in [3.05, 3.63) is 58.7 Å². The Hall–Kier alpha value is -3.77. The summed E-state index contributed by atoms with van der Waals surface area (Å²) in [6.07, 6.45) is 1.57. The van der Waals surface area contributed by atoms with Crippen molar-refractivity contribution >= 4 is 23.4 Å². The number of hydrogen-bond acceptors (Lipinski definition) is 7. The molecule has 0 radical (unpaired) electrons. The monoisotopic (exact) mass is 549 g/mol. The summed E-state index contributed by atoms with van der Waals surface area (Å²) in [6, 6.07) is 14.4. The van der Waals surface area contributed by atoms with Gasteiger partial charge in [-0.15, -0.1) is 0 Å². The number of aliphatic hydroxyl groups is 1. The van der Waals surface area contributed by atoms with Gasteiger partial charge in [0.1, 0.15) is 11.7 Å². The fourth-order valence-corrected chi connectivity index (χ4v) is 5.16. The maximum atomic E-state index is 13.5. The molecule has 2 aromatic rings. The van der Waals surface area contributed by atoms with Crippen molar-refractivity contribution in [1.29, 1.82) is 5.26 Å². The van der Waals surface area contributed by atoms with Crippen LogP contribution in [0, 0.1) is 25.2 Å². The number of para-hydroxylation sites is 1. The van der Waals surface area contributed by atoms with Gasteiger partial charge in [-0.05, 0) is 76.8 Å². The molecule has 216 valence electrons. The summed E-state index contributed by atoms with van der Waals surface area (Å²) in [4.78, 5) is 31.6. The van der Waals surface area contributed by atoms with Crippen molar-refractivity contribution in [1.82, 2.24) is 9.80 Å². The third-order valence-electron chi connectivity index (χ3n) is 7.24. The summed E-state index contributed by atoms with van der Waals surface area (Å²) in [5.41, 5.74) is 4.93. The lowest BCUT2D eigenvalue weighted by Gasteiger charge is -2.36. The van der Waals surface area contributed by atoms with E-state index in [0.717, 1.165) is 55.5 Å². The molecule has 2 aromatic carbocycles. The number of piperidine rings is 1. The highest BCUT2D eigenvalue weighted by Crippen LogP contribution is 2.28. The number of rotatable bonds is 4. The SMILES string of the molecule is CO.Cc1cc(C)c(C(=O)N2CCN(C(=O)OC(C)(C)C)CC2)cc1NC1CCN(c2ccccc2C#N)CC1. The van der Waals surface area contributed by atoms with E-state index in [4.69, 9.17) is 9.84 Å². The second-order valence-corrected chi connectivity index (χ2v) is 11.3. The topological polar surface area (TPSA) is 109 Å². The molecule has 9 heteroatoms. The maximum absolute atomic E-state index is 13.5. The summed E-state index contributed by atoms with van der Waals surface area (Å²) in [5.74, 6) is -0.00248. The molecule has 9 nitrogen and oxygen atoms in total. The van der Waals surface area contributed by atoms with E-state index in [1.54, 1.807) is 4.90 Å². The first kappa shape index (κ1) is 30.8. The minimum atomic E-state index is -0.538. The van der Waals surface area contributed by atoms with E-state index >= 15 is 0 Å². The van der Waals surface area contributed by atoms with Crippen LogP contribution in [0.1, 0.15) is 60.7 Å². The van der Waals surface area contributed by atoms with Crippen molar-refractivity contribution < 1.29 is 19.4 Å². The molecule has 40 heavy (non-hydrogen) atoms. The van der Waals surface area contributed by atoms with E-state index < -0.39 is 5.60 Å². The molecule has 2 heterocycles. The van der Waals surface area contributed by atoms with Crippen LogP contribution in [0.4, 0.5) is 16.2 Å². The average Bonchev–Trinajstić information content (AvgIpc) is 2.95. The number of carbonyl (C=O) groups excluding carboxylic acids is 2. The molecule has 2 N–H and O–H groups in total. The molecule has 0 unspecified atom stereocenters. The molecule has 2 aliphatic rings. The maximum Gasteiger partial charge on any atom is 0.410 e. The number of hydrogen-bond donors (Lipinski definition) is 2. The van der Waals surface area contributed by atoms with Gasteiger partial charge in [-0.25, -0.2) is 4.79 Å². The first-order valence-electron chi connectivity index (χ1n) is 13.9. The molecular weight excluding hydrogens is 506 g/mol. The summed E-state index contributed by atoms with van der Waals surface area (Å²) >= 11 is 0. The van der Waals surface area contributed by atoms with Gasteiger partial charge in [0.05, 0.1) is 11.3 Å². The lowest BCUT2D eigenvalue weighted by atomic mass is 9.99. The quantitative estimate of drug-likeness (QED) is 0.576. The van der Waals surface area contributed by atoms with Crippen LogP contribution in [0.2, 0.25) is 0 Å². The Morgan fingerprint density at radius 3 is 2.15 bits per heavy atom. The van der Waals surface area contributed by atoms with Crippen LogP contribution in [0.5, 0.6) is 0 Å². The number of benzene rings is 2. The van der Waals surface area contributed by atoms with Gasteiger partial charge >= 0.3 is 6.09 Å². The zero-order valence-electron chi connectivity index (χ0n) is 24.7. The number of carbonyl (C=O) groups is 2. The molecule has 2 aliphatic heterocycles. The van der Waals surface area contributed by atoms with Crippen LogP contribution in [0.3, 0.4) is 0 Å². The zero-order valence-corrected chi connectivity index (χ0v) is 24.7. The number of amides is 2. The molecular formula is C31H43N5O4. The second-order valence-electron chi connectivity index (χ2n) is 11.3. The van der Waals surface area contributed by atoms with Gasteiger partial charge < -0.3 is 29.9 Å². The van der Waals surface area contributed by atoms with E-state index in [0.29, 0.717) is 43.3 Å². The highest BCUT2D eigenvalue weighted by atomic mass is 16.6. The van der Waals surface area contributed by atoms with E-state index in [9.17, 15) is 14.9 Å². The predicted octanol–water partition coefficient (Wildman–Crippen LogP) is 4.56. The smallest absolute Gasteiger partial charge is 0.410 e. The van der Waals surface area contributed by atoms with Gasteiger partial charge in [0.2, 0.25) is 0 Å².